The van der Waals surface area contributed by atoms with Crippen molar-refractivity contribution in [1.82, 2.24) is 0 Å². The summed E-state index contributed by atoms with van der Waals surface area (Å²) in [5.41, 5.74) is -0.388. The van der Waals surface area contributed by atoms with Crippen LogP contribution in [-0.2, 0) is 28.7 Å². The molecule has 4 aliphatic carbocycles. The highest BCUT2D eigenvalue weighted by atomic mass is 16.5. The lowest BCUT2D eigenvalue weighted by Gasteiger charge is -2.60. The predicted octanol–water partition coefficient (Wildman–Crippen LogP) is 5.74. The van der Waals surface area contributed by atoms with Crippen LogP contribution in [-0.4, -0.2) is 82.1 Å². The number of hydrogen-bond donors (Lipinski definition) is 4. The summed E-state index contributed by atoms with van der Waals surface area (Å²) >= 11 is 0. The van der Waals surface area contributed by atoms with E-state index in [1.807, 2.05) is 13.0 Å². The topological polar surface area (TPSA) is 194 Å². The van der Waals surface area contributed by atoms with Gasteiger partial charge in [-0.1, -0.05) is 56.7 Å². The quantitative estimate of drug-likeness (QED) is 0.123. The maximum Gasteiger partial charge on any atom is 0.303 e. The number of fused-ring (bicyclic) bond motifs is 5. The molecule has 0 aromatic heterocycles. The average molecular weight is 785 g/mol. The number of phenolic OH excluding ortho intramolecular Hbond substituents is 2. The van der Waals surface area contributed by atoms with Crippen molar-refractivity contribution in [1.29, 1.82) is 0 Å². The minimum absolute atomic E-state index is 0.00535. The average Bonchev–Trinajstić information content (AvgIpc) is 3.44. The molecule has 0 amide bonds. The van der Waals surface area contributed by atoms with Crippen LogP contribution in [0.15, 0.2) is 72.4 Å². The summed E-state index contributed by atoms with van der Waals surface area (Å²) in [5, 5.41) is 41.9. The predicted molar refractivity (Wildman–Crippen MR) is 211 cm³/mol. The number of Topliss-reactive ketones (excluding diaryl/α,β-unsaturated/α-hetero) is 1. The molecule has 3 fully saturated rings. The minimum Gasteiger partial charge on any atom is -0.504 e. The SMILES string of the molecule is CC(=O)OCC(=O)[C@@]1(O)CC[C@H]2[C@@H]3C[C@H](C)C4=CC(=O)C=C[C@]4(C)[C@H]3[C@@H](O)C[C@@]21C.COc1cc(/C=C/C(=O)CC(=O)/C=C/c2ccc(O)c(OC)c2)ccc1O. The number of carbonyl (C=O) groups excluding carboxylic acids is 5. The number of aliphatic hydroxyl groups is 2. The Balaban J connectivity index is 0.000000219. The highest BCUT2D eigenvalue weighted by molar-refractivity contribution is 6.11. The van der Waals surface area contributed by atoms with Gasteiger partial charge in [0.05, 0.1) is 26.7 Å². The standard InChI is InChI=1S/C24H32O6.C21H20O6/c1-13-9-16-17-6-8-24(29,20(28)12-30-14(2)25)23(17,4)11-19(27)21(16)22(3)7-5-15(26)10-18(13)22;1-26-20-11-14(5-9-18(20)24)3-7-16(22)13-17(23)8-4-15-6-10-19(25)21(12-15)27-2/h5,7,10,13,16-17,19,21,27,29H,6,8-9,11-12H2,1-4H3;3-12,24-25H,13H2,1-2H3/b;7-3+,8-4+/t13-,16-,17-,19-,21+,22-,23-,24-;/m0./s1. The van der Waals surface area contributed by atoms with Gasteiger partial charge in [0.2, 0.25) is 5.78 Å². The second-order valence-electron chi connectivity index (χ2n) is 16.0. The van der Waals surface area contributed by atoms with Gasteiger partial charge in [-0.15, -0.1) is 0 Å². The van der Waals surface area contributed by atoms with Crippen LogP contribution in [0.2, 0.25) is 0 Å². The van der Waals surface area contributed by atoms with E-state index < -0.39 is 40.9 Å². The number of carbonyl (C=O) groups is 5. The van der Waals surface area contributed by atoms with Gasteiger partial charge in [-0.2, -0.15) is 0 Å². The van der Waals surface area contributed by atoms with E-state index in [-0.39, 0.29) is 58.9 Å². The summed E-state index contributed by atoms with van der Waals surface area (Å²) in [4.78, 5) is 60.0. The Morgan fingerprint density at radius 3 is 2.00 bits per heavy atom. The molecule has 12 nitrogen and oxygen atoms in total. The van der Waals surface area contributed by atoms with Crippen molar-refractivity contribution in [3.8, 4) is 23.0 Å². The van der Waals surface area contributed by atoms with Gasteiger partial charge >= 0.3 is 5.97 Å². The molecule has 3 saturated carbocycles. The van der Waals surface area contributed by atoms with E-state index in [0.29, 0.717) is 41.9 Å². The van der Waals surface area contributed by atoms with E-state index in [1.54, 1.807) is 48.6 Å². The van der Waals surface area contributed by atoms with E-state index >= 15 is 0 Å². The highest BCUT2D eigenvalue weighted by Gasteiger charge is 2.68. The normalized spacial score (nSPS) is 30.0. The molecule has 4 aliphatic rings. The lowest BCUT2D eigenvalue weighted by molar-refractivity contribution is -0.182. The largest absolute Gasteiger partial charge is 0.504 e. The van der Waals surface area contributed by atoms with Gasteiger partial charge in [0.25, 0.3) is 0 Å². The molecule has 0 bridgehead atoms. The fourth-order valence-electron chi connectivity index (χ4n) is 9.76. The fourth-order valence-corrected chi connectivity index (χ4v) is 9.76. The number of aromatic hydroxyl groups is 2. The van der Waals surface area contributed by atoms with Gasteiger partial charge in [-0.3, -0.25) is 24.0 Å². The molecular formula is C45H52O12. The number of aliphatic hydroxyl groups excluding tert-OH is 1. The van der Waals surface area contributed by atoms with E-state index in [4.69, 9.17) is 14.2 Å². The number of esters is 1. The Morgan fingerprint density at radius 1 is 0.912 bits per heavy atom. The molecule has 57 heavy (non-hydrogen) atoms. The van der Waals surface area contributed by atoms with E-state index in [0.717, 1.165) is 12.0 Å². The third-order valence-corrected chi connectivity index (χ3v) is 12.5. The summed E-state index contributed by atoms with van der Waals surface area (Å²) in [7, 11) is 2.87. The van der Waals surface area contributed by atoms with Crippen LogP contribution in [0.5, 0.6) is 23.0 Å². The van der Waals surface area contributed by atoms with Crippen LogP contribution in [0.4, 0.5) is 0 Å². The van der Waals surface area contributed by atoms with Gasteiger partial charge < -0.3 is 34.6 Å². The molecule has 0 spiro atoms. The molecule has 0 heterocycles. The third kappa shape index (κ3) is 8.67. The molecule has 12 heteroatoms. The fraction of sp³-hybridized carbons (Fsp3) is 0.444. The number of benzene rings is 2. The van der Waals surface area contributed by atoms with Gasteiger partial charge in [0, 0.05) is 23.7 Å². The van der Waals surface area contributed by atoms with Crippen LogP contribution in [0.3, 0.4) is 0 Å². The zero-order chi connectivity index (χ0) is 41.9. The van der Waals surface area contributed by atoms with Gasteiger partial charge in [0.15, 0.2) is 47.0 Å². The van der Waals surface area contributed by atoms with Gasteiger partial charge in [0.1, 0.15) is 5.60 Å². The number of ether oxygens (including phenoxy) is 3. The Morgan fingerprint density at radius 2 is 1.47 bits per heavy atom. The first kappa shape index (κ1) is 42.8. The van der Waals surface area contributed by atoms with Crippen molar-refractivity contribution in [3.63, 3.8) is 0 Å². The molecule has 2 aromatic carbocycles. The molecule has 0 radical (unpaired) electrons. The second kappa shape index (κ2) is 17.0. The smallest absolute Gasteiger partial charge is 0.303 e. The van der Waals surface area contributed by atoms with Crippen LogP contribution >= 0.6 is 0 Å². The zero-order valence-electron chi connectivity index (χ0n) is 33.2. The van der Waals surface area contributed by atoms with Crippen molar-refractivity contribution in [2.24, 2.45) is 34.5 Å². The number of methoxy groups -OCH3 is 2. The van der Waals surface area contributed by atoms with E-state index in [9.17, 15) is 44.4 Å². The molecule has 6 rings (SSSR count). The first-order valence-electron chi connectivity index (χ1n) is 19.0. The summed E-state index contributed by atoms with van der Waals surface area (Å²) in [6.07, 6.45) is 12.2. The van der Waals surface area contributed by atoms with Gasteiger partial charge in [-0.05, 0) is 103 Å². The minimum atomic E-state index is -1.61. The molecule has 0 aliphatic heterocycles. The maximum absolute atomic E-state index is 12.9. The summed E-state index contributed by atoms with van der Waals surface area (Å²) in [6, 6.07) is 9.34. The number of hydrogen-bond acceptors (Lipinski definition) is 12. The maximum atomic E-state index is 12.9. The van der Waals surface area contributed by atoms with Crippen molar-refractivity contribution < 1.29 is 58.6 Å². The Hall–Kier alpha value is -5.33. The van der Waals surface area contributed by atoms with Crippen molar-refractivity contribution >= 4 is 41.3 Å². The van der Waals surface area contributed by atoms with Crippen LogP contribution < -0.4 is 9.47 Å². The lowest BCUT2D eigenvalue weighted by atomic mass is 9.45. The number of phenols is 2. The summed E-state index contributed by atoms with van der Waals surface area (Å²) < 4.78 is 14.9. The molecule has 4 N–H and O–H groups in total. The van der Waals surface area contributed by atoms with Crippen molar-refractivity contribution in [2.75, 3.05) is 20.8 Å². The molecule has 0 saturated heterocycles. The Bertz CT molecular complexity index is 1970. The third-order valence-electron chi connectivity index (χ3n) is 12.5. The van der Waals surface area contributed by atoms with E-state index in [2.05, 4.69) is 13.8 Å². The monoisotopic (exact) mass is 784 g/mol. The number of rotatable bonds is 11. The van der Waals surface area contributed by atoms with Gasteiger partial charge in [-0.25, -0.2) is 0 Å². The van der Waals surface area contributed by atoms with Crippen molar-refractivity contribution in [3.05, 3.63) is 83.5 Å². The zero-order valence-corrected chi connectivity index (χ0v) is 33.2. The van der Waals surface area contributed by atoms with Crippen molar-refractivity contribution in [2.45, 2.75) is 71.5 Å². The first-order chi connectivity index (χ1) is 26.9. The van der Waals surface area contributed by atoms with Crippen LogP contribution in [0.25, 0.3) is 12.2 Å². The van der Waals surface area contributed by atoms with Crippen LogP contribution in [0, 0.1) is 34.5 Å². The molecule has 2 aromatic rings. The molecule has 0 unspecified atom stereocenters. The van der Waals surface area contributed by atoms with Crippen LogP contribution in [0.1, 0.15) is 70.9 Å². The summed E-state index contributed by atoms with van der Waals surface area (Å²) in [5.74, 6) is -0.796. The lowest BCUT2D eigenvalue weighted by Crippen LogP contribution is -2.62. The molecular weight excluding hydrogens is 732 g/mol. The Kier molecular flexibility index (Phi) is 12.8. The molecule has 8 atom stereocenters. The number of ketones is 4. The number of allylic oxidation sites excluding steroid dienone is 6. The molecule has 304 valence electrons. The van der Waals surface area contributed by atoms with E-state index in [1.165, 1.54) is 45.4 Å². The highest BCUT2D eigenvalue weighted by Crippen LogP contribution is 2.67. The second-order valence-corrected chi connectivity index (χ2v) is 16.0. The first-order valence-corrected chi connectivity index (χ1v) is 19.0. The Labute approximate surface area is 332 Å². The summed E-state index contributed by atoms with van der Waals surface area (Å²) in [6.45, 7) is 6.94.